The van der Waals surface area contributed by atoms with Crippen LogP contribution in [0.3, 0.4) is 0 Å². The van der Waals surface area contributed by atoms with Gasteiger partial charge in [-0.05, 0) is 86.8 Å². The van der Waals surface area contributed by atoms with Crippen LogP contribution in [-0.2, 0) is 33.3 Å². The summed E-state index contributed by atoms with van der Waals surface area (Å²) in [7, 11) is -1.29. The van der Waals surface area contributed by atoms with E-state index < -0.39 is 52.5 Å². The van der Waals surface area contributed by atoms with Crippen LogP contribution in [0.2, 0.25) is 18.1 Å². The third kappa shape index (κ3) is 11.4. The predicted octanol–water partition coefficient (Wildman–Crippen LogP) is 9.69. The third-order valence-corrected chi connectivity index (χ3v) is 19.1. The summed E-state index contributed by atoms with van der Waals surface area (Å²) < 4.78 is 51.2. The quantitative estimate of drug-likeness (QED) is 0.0307. The molecule has 0 spiro atoms. The zero-order chi connectivity index (χ0) is 49.6. The van der Waals surface area contributed by atoms with Gasteiger partial charge in [0.15, 0.2) is 25.7 Å². The van der Waals surface area contributed by atoms with Gasteiger partial charge >= 0.3 is 0 Å². The van der Waals surface area contributed by atoms with Crippen LogP contribution in [0.25, 0.3) is 11.2 Å². The fourth-order valence-electron chi connectivity index (χ4n) is 7.95. The number of H-pyrrole nitrogens is 1. The van der Waals surface area contributed by atoms with Crippen molar-refractivity contribution < 1.29 is 37.2 Å². The SMILES string of the molecule is COc1ccc(C(OC[C@H]2O[C@@H](n3cnc4c(=O)[nH]c(NC(=O)C(C)C)nc43)[C@@H](OP(OCCC#N)N(C(C)C)C(C)C)[C@H]2O[Si](C)(C)C(C)(C)C)(c2ccccc2)c2ccc(OC)cc2)cc1. The van der Waals surface area contributed by atoms with Crippen molar-refractivity contribution in [1.29, 1.82) is 5.26 Å². The normalized spacial score (nSPS) is 18.4. The van der Waals surface area contributed by atoms with E-state index in [0.717, 1.165) is 16.7 Å². The number of nitriles is 1. The predicted molar refractivity (Wildman–Crippen MR) is 266 cm³/mol. The number of nitrogens with one attached hydrogen (secondary N) is 2. The molecule has 1 aliphatic rings. The van der Waals surface area contributed by atoms with E-state index in [1.165, 1.54) is 6.33 Å². The Kier molecular flexibility index (Phi) is 17.1. The monoisotopic (exact) mass is 969 g/mol. The van der Waals surface area contributed by atoms with Crippen molar-refractivity contribution in [1.82, 2.24) is 24.2 Å². The Morgan fingerprint density at radius 2 is 1.49 bits per heavy atom. The van der Waals surface area contributed by atoms with E-state index in [2.05, 4.69) is 87.6 Å². The van der Waals surface area contributed by atoms with Gasteiger partial charge in [-0.2, -0.15) is 10.2 Å². The van der Waals surface area contributed by atoms with Crippen LogP contribution in [0.15, 0.2) is 90.0 Å². The van der Waals surface area contributed by atoms with Crippen molar-refractivity contribution in [3.05, 3.63) is 112 Å². The number of ether oxygens (including phenoxy) is 4. The van der Waals surface area contributed by atoms with Crippen molar-refractivity contribution in [2.45, 2.75) is 129 Å². The highest BCUT2D eigenvalue weighted by atomic mass is 31.2. The molecule has 18 heteroatoms. The van der Waals surface area contributed by atoms with E-state index in [1.807, 2.05) is 78.9 Å². The smallest absolute Gasteiger partial charge is 0.280 e. The van der Waals surface area contributed by atoms with Crippen molar-refractivity contribution in [3.63, 3.8) is 0 Å². The second kappa shape index (κ2) is 22.2. The van der Waals surface area contributed by atoms with E-state index in [1.54, 1.807) is 32.6 Å². The summed E-state index contributed by atoms with van der Waals surface area (Å²) >= 11 is 0. The third-order valence-electron chi connectivity index (χ3n) is 12.5. The van der Waals surface area contributed by atoms with E-state index in [9.17, 15) is 14.9 Å². The summed E-state index contributed by atoms with van der Waals surface area (Å²) in [6, 6.07) is 27.8. The molecule has 0 saturated carbocycles. The van der Waals surface area contributed by atoms with Gasteiger partial charge in [-0.3, -0.25) is 24.5 Å². The van der Waals surface area contributed by atoms with Crippen LogP contribution in [-0.4, -0.2) is 96.2 Å². The second-order valence-electron chi connectivity index (χ2n) is 19.2. The maximum atomic E-state index is 13.6. The maximum Gasteiger partial charge on any atom is 0.280 e. The Labute approximate surface area is 402 Å². The van der Waals surface area contributed by atoms with Gasteiger partial charge in [0.25, 0.3) is 14.1 Å². The van der Waals surface area contributed by atoms with Gasteiger partial charge in [0, 0.05) is 18.0 Å². The van der Waals surface area contributed by atoms with E-state index in [-0.39, 0.29) is 65.7 Å². The number of anilines is 1. The Morgan fingerprint density at radius 3 is 2.00 bits per heavy atom. The number of carbonyl (C=O) groups excluding carboxylic acids is 1. The molecule has 5 atom stereocenters. The van der Waals surface area contributed by atoms with Crippen LogP contribution in [0.5, 0.6) is 11.5 Å². The first-order valence-corrected chi connectivity index (χ1v) is 27.1. The summed E-state index contributed by atoms with van der Waals surface area (Å²) in [5, 5.41) is 12.1. The lowest BCUT2D eigenvalue weighted by Gasteiger charge is -2.43. The number of rotatable bonds is 21. The first-order chi connectivity index (χ1) is 32.3. The minimum absolute atomic E-state index is 0.0234. The standard InChI is InChI=1S/C50H68N7O9PSi/c1-32(2)45(58)54-48-53-44-41(46(59)55-48)52-31-56(44)47-43(65-67(63-29-17-28-51)57(33(3)4)34(5)6)42(66-68(12,13)49(7,8)9)40(64-47)30-62-50(35-18-15-14-16-19-35,36-20-24-38(60-10)25-21-36)37-22-26-39(61-11)27-23-37/h14-16,18-27,31-34,40,42-43,47H,17,29-30H2,1-13H3,(H2,53,54,55,58,59)/t40-,42+,43+,47-,67?/m1/s1. The van der Waals surface area contributed by atoms with Crippen LogP contribution in [0, 0.1) is 17.2 Å². The maximum absolute atomic E-state index is 13.6. The first-order valence-electron chi connectivity index (χ1n) is 23.1. The average Bonchev–Trinajstić information content (AvgIpc) is 3.87. The summed E-state index contributed by atoms with van der Waals surface area (Å²) in [5.74, 6) is 0.636. The van der Waals surface area contributed by atoms with Crippen LogP contribution < -0.4 is 20.3 Å². The number of benzene rings is 3. The summed E-state index contributed by atoms with van der Waals surface area (Å²) in [6.45, 7) is 22.8. The van der Waals surface area contributed by atoms with Crippen molar-refractivity contribution in [2.75, 3.05) is 32.8 Å². The van der Waals surface area contributed by atoms with Crippen molar-refractivity contribution >= 4 is 39.9 Å². The zero-order valence-electron chi connectivity index (χ0n) is 41.6. The minimum Gasteiger partial charge on any atom is -0.497 e. The Bertz CT molecular complexity index is 2490. The van der Waals surface area contributed by atoms with E-state index in [0.29, 0.717) is 11.5 Å². The second-order valence-corrected chi connectivity index (χ2v) is 25.4. The van der Waals surface area contributed by atoms with Gasteiger partial charge in [-0.25, -0.2) is 9.65 Å². The van der Waals surface area contributed by atoms with Crippen molar-refractivity contribution in [2.24, 2.45) is 5.92 Å². The highest BCUT2D eigenvalue weighted by Gasteiger charge is 2.54. The lowest BCUT2D eigenvalue weighted by atomic mass is 9.80. The highest BCUT2D eigenvalue weighted by Crippen LogP contribution is 2.53. The number of nitrogens with zero attached hydrogens (tertiary/aromatic N) is 5. The van der Waals surface area contributed by atoms with E-state index >= 15 is 0 Å². The molecule has 2 N–H and O–H groups in total. The van der Waals surface area contributed by atoms with Gasteiger partial charge in [0.05, 0.1) is 46.3 Å². The Balaban J connectivity index is 1.58. The van der Waals surface area contributed by atoms with Crippen LogP contribution >= 0.6 is 8.53 Å². The van der Waals surface area contributed by atoms with Gasteiger partial charge in [-0.15, -0.1) is 0 Å². The molecule has 1 fully saturated rings. The number of methoxy groups -OCH3 is 2. The number of aromatic amines is 1. The Morgan fingerprint density at radius 1 is 0.912 bits per heavy atom. The molecule has 0 radical (unpaired) electrons. The molecule has 1 amide bonds. The minimum atomic E-state index is -2.69. The largest absolute Gasteiger partial charge is 0.497 e. The molecular formula is C50H68N7O9PSi. The van der Waals surface area contributed by atoms with Crippen LogP contribution in [0.1, 0.15) is 91.7 Å². The zero-order valence-corrected chi connectivity index (χ0v) is 43.5. The summed E-state index contributed by atoms with van der Waals surface area (Å²) in [6.07, 6.45) is -1.92. The molecule has 1 unspecified atom stereocenters. The topological polar surface area (TPSA) is 184 Å². The molecule has 6 rings (SSSR count). The molecule has 68 heavy (non-hydrogen) atoms. The van der Waals surface area contributed by atoms with Gasteiger partial charge in [0.2, 0.25) is 11.9 Å². The number of imidazole rings is 1. The van der Waals surface area contributed by atoms with Crippen molar-refractivity contribution in [3.8, 4) is 17.6 Å². The molecule has 2 aromatic heterocycles. The highest BCUT2D eigenvalue weighted by molar-refractivity contribution is 7.44. The molecule has 3 aromatic carbocycles. The van der Waals surface area contributed by atoms with Gasteiger partial charge < -0.3 is 32.4 Å². The fourth-order valence-corrected chi connectivity index (χ4v) is 11.0. The number of amides is 1. The number of hydrogen-bond acceptors (Lipinski definition) is 13. The van der Waals surface area contributed by atoms with Gasteiger partial charge in [-0.1, -0.05) is 89.2 Å². The molecule has 16 nitrogen and oxygen atoms in total. The molecule has 3 heterocycles. The Hall–Kier alpha value is -5.02. The van der Waals surface area contributed by atoms with E-state index in [4.69, 9.17) is 37.4 Å². The lowest BCUT2D eigenvalue weighted by molar-refractivity contribution is -0.118. The summed E-state index contributed by atoms with van der Waals surface area (Å²) in [4.78, 5) is 38.5. The number of aromatic nitrogens is 4. The summed E-state index contributed by atoms with van der Waals surface area (Å²) in [5.41, 5.74) is 0.967. The number of fused-ring (bicyclic) bond motifs is 1. The number of carbonyl (C=O) groups is 1. The molecule has 1 aliphatic heterocycles. The van der Waals surface area contributed by atoms with Gasteiger partial charge in [0.1, 0.15) is 35.4 Å². The number of hydrogen-bond donors (Lipinski definition) is 2. The fraction of sp³-hybridized carbons (Fsp3) is 0.500. The molecule has 0 bridgehead atoms. The average molecular weight is 970 g/mol. The molecule has 0 aliphatic carbocycles. The molecule has 5 aromatic rings. The first kappa shape index (κ1) is 52.4. The molecule has 366 valence electrons. The molecule has 1 saturated heterocycles. The van der Waals surface area contributed by atoms with Crippen LogP contribution in [0.4, 0.5) is 5.95 Å². The molecular weight excluding hydrogens is 902 g/mol. The lowest BCUT2D eigenvalue weighted by Crippen LogP contribution is -2.51.